The highest BCUT2D eigenvalue weighted by Gasteiger charge is 2.46. The van der Waals surface area contributed by atoms with Gasteiger partial charge in [-0.3, -0.25) is 9.59 Å². The van der Waals surface area contributed by atoms with Gasteiger partial charge in [0.1, 0.15) is 11.6 Å². The summed E-state index contributed by atoms with van der Waals surface area (Å²) in [6, 6.07) is 12.9. The summed E-state index contributed by atoms with van der Waals surface area (Å²) in [5.41, 5.74) is 0.610. The third kappa shape index (κ3) is 3.23. The number of benzene rings is 2. The number of amides is 1. The van der Waals surface area contributed by atoms with E-state index in [9.17, 15) is 24.2 Å². The number of nitrogens with zero attached hydrogens (tertiary/aromatic N) is 1. The average molecular weight is 355 g/mol. The van der Waals surface area contributed by atoms with Crippen LogP contribution in [-0.4, -0.2) is 39.5 Å². The van der Waals surface area contributed by atoms with Crippen molar-refractivity contribution >= 4 is 17.4 Å². The number of aliphatic hydroxyl groups is 2. The van der Waals surface area contributed by atoms with Crippen molar-refractivity contribution in [3.05, 3.63) is 77.1 Å². The second kappa shape index (κ2) is 7.09. The lowest BCUT2D eigenvalue weighted by Crippen LogP contribution is -2.35. The zero-order valence-electron chi connectivity index (χ0n) is 14.1. The zero-order chi connectivity index (χ0) is 18.8. The first-order valence-electron chi connectivity index (χ1n) is 8.17. The molecule has 1 fully saturated rings. The van der Waals surface area contributed by atoms with Gasteiger partial charge >= 0.3 is 0 Å². The minimum atomic E-state index is -0.972. The third-order valence-electron chi connectivity index (χ3n) is 4.21. The van der Waals surface area contributed by atoms with Gasteiger partial charge in [0.2, 0.25) is 0 Å². The van der Waals surface area contributed by atoms with E-state index in [1.54, 1.807) is 36.4 Å². The van der Waals surface area contributed by atoms with E-state index in [-0.39, 0.29) is 17.9 Å². The van der Waals surface area contributed by atoms with Crippen molar-refractivity contribution < 1.29 is 24.2 Å². The molecule has 0 radical (unpaired) electrons. The first-order chi connectivity index (χ1) is 12.4. The van der Waals surface area contributed by atoms with Crippen LogP contribution in [0.1, 0.15) is 24.1 Å². The molecule has 0 bridgehead atoms. The highest BCUT2D eigenvalue weighted by atomic mass is 19.1. The van der Waals surface area contributed by atoms with Crippen molar-refractivity contribution in [1.82, 2.24) is 4.90 Å². The summed E-state index contributed by atoms with van der Waals surface area (Å²) < 4.78 is 13.7. The molecule has 0 aliphatic carbocycles. The van der Waals surface area contributed by atoms with Crippen LogP contribution in [0, 0.1) is 5.82 Å². The monoisotopic (exact) mass is 355 g/mol. The lowest BCUT2D eigenvalue weighted by Gasteiger charge is -2.26. The maximum atomic E-state index is 13.7. The normalized spacial score (nSPS) is 20.4. The summed E-state index contributed by atoms with van der Waals surface area (Å²) in [5.74, 6) is -2.55. The number of carbonyl (C=O) groups is 2. The Kier molecular flexibility index (Phi) is 4.86. The first-order valence-corrected chi connectivity index (χ1v) is 8.17. The molecule has 2 aromatic carbocycles. The number of hydrogen-bond acceptors (Lipinski definition) is 4. The Hall–Kier alpha value is -2.99. The highest BCUT2D eigenvalue weighted by Crippen LogP contribution is 2.39. The summed E-state index contributed by atoms with van der Waals surface area (Å²) in [6.07, 6.45) is -0.888. The second-order valence-electron chi connectivity index (χ2n) is 6.22. The van der Waals surface area contributed by atoms with Crippen molar-refractivity contribution in [2.24, 2.45) is 0 Å². The van der Waals surface area contributed by atoms with Crippen LogP contribution in [0.2, 0.25) is 0 Å². The predicted octanol–water partition coefficient (Wildman–Crippen LogP) is 2.63. The molecular weight excluding hydrogens is 337 g/mol. The van der Waals surface area contributed by atoms with Crippen molar-refractivity contribution in [3.63, 3.8) is 0 Å². The van der Waals surface area contributed by atoms with Gasteiger partial charge in [0, 0.05) is 12.1 Å². The maximum Gasteiger partial charge on any atom is 0.295 e. The Morgan fingerprint density at radius 2 is 1.85 bits per heavy atom. The first kappa shape index (κ1) is 17.8. The number of likely N-dealkylation sites (tertiary alicyclic amines) is 1. The van der Waals surface area contributed by atoms with Crippen LogP contribution in [0.15, 0.2) is 60.2 Å². The van der Waals surface area contributed by atoms with E-state index in [1.165, 1.54) is 25.1 Å². The van der Waals surface area contributed by atoms with Crippen LogP contribution >= 0.6 is 0 Å². The second-order valence-corrected chi connectivity index (χ2v) is 6.22. The van der Waals surface area contributed by atoms with Gasteiger partial charge in [-0.2, -0.15) is 0 Å². The number of carbonyl (C=O) groups excluding carboxylic acids is 2. The Morgan fingerprint density at radius 1 is 1.15 bits per heavy atom. The fraction of sp³-hybridized carbons (Fsp3) is 0.200. The smallest absolute Gasteiger partial charge is 0.295 e. The molecular formula is C20H18FNO4. The number of Topliss-reactive ketones (excluding diaryl/α,β-unsaturated/α-hetero) is 1. The SMILES string of the molecule is CC(O)CN1C(=O)C(=O)/C(=C(\O)c2ccccc2)C1c1cccc(F)c1. The number of hydrogen-bond donors (Lipinski definition) is 2. The largest absolute Gasteiger partial charge is 0.507 e. The van der Waals surface area contributed by atoms with Gasteiger partial charge in [0.25, 0.3) is 11.7 Å². The number of aliphatic hydroxyl groups excluding tert-OH is 2. The molecule has 1 amide bonds. The molecule has 5 nitrogen and oxygen atoms in total. The molecule has 6 heteroatoms. The molecule has 134 valence electrons. The fourth-order valence-corrected chi connectivity index (χ4v) is 3.13. The van der Waals surface area contributed by atoms with Crippen LogP contribution in [-0.2, 0) is 9.59 Å². The molecule has 26 heavy (non-hydrogen) atoms. The maximum absolute atomic E-state index is 13.7. The molecule has 1 aliphatic heterocycles. The highest BCUT2D eigenvalue weighted by molar-refractivity contribution is 6.46. The van der Waals surface area contributed by atoms with Gasteiger partial charge < -0.3 is 15.1 Å². The topological polar surface area (TPSA) is 77.8 Å². The summed E-state index contributed by atoms with van der Waals surface area (Å²) in [7, 11) is 0. The molecule has 2 unspecified atom stereocenters. The summed E-state index contributed by atoms with van der Waals surface area (Å²) in [6.45, 7) is 1.37. The molecule has 0 saturated carbocycles. The molecule has 1 heterocycles. The van der Waals surface area contributed by atoms with Gasteiger partial charge in [-0.05, 0) is 24.6 Å². The van der Waals surface area contributed by atoms with E-state index in [2.05, 4.69) is 0 Å². The summed E-state index contributed by atoms with van der Waals surface area (Å²) in [4.78, 5) is 26.2. The molecule has 1 saturated heterocycles. The standard InChI is InChI=1S/C20H18FNO4/c1-12(23)11-22-17(14-8-5-9-15(21)10-14)16(19(25)20(22)26)18(24)13-6-3-2-4-7-13/h2-10,12,17,23-24H,11H2,1H3/b18-16-. The van der Waals surface area contributed by atoms with E-state index >= 15 is 0 Å². The lowest BCUT2D eigenvalue weighted by molar-refractivity contribution is -0.140. The van der Waals surface area contributed by atoms with Gasteiger partial charge in [0.05, 0.1) is 17.7 Å². The predicted molar refractivity (Wildman–Crippen MR) is 93.5 cm³/mol. The molecule has 0 aromatic heterocycles. The average Bonchev–Trinajstić information content (AvgIpc) is 2.86. The quantitative estimate of drug-likeness (QED) is 0.502. The van der Waals surface area contributed by atoms with Crippen molar-refractivity contribution in [3.8, 4) is 0 Å². The van der Waals surface area contributed by atoms with Crippen LogP contribution in [0.25, 0.3) is 5.76 Å². The van der Waals surface area contributed by atoms with Gasteiger partial charge in [-0.15, -0.1) is 0 Å². The van der Waals surface area contributed by atoms with Crippen molar-refractivity contribution in [2.75, 3.05) is 6.54 Å². The van der Waals surface area contributed by atoms with E-state index in [4.69, 9.17) is 0 Å². The number of ketones is 1. The lowest BCUT2D eigenvalue weighted by atomic mass is 9.95. The summed E-state index contributed by atoms with van der Waals surface area (Å²) in [5, 5.41) is 20.4. The Labute approximate surface area is 150 Å². The van der Waals surface area contributed by atoms with Gasteiger partial charge in [-0.1, -0.05) is 42.5 Å². The van der Waals surface area contributed by atoms with Crippen molar-refractivity contribution in [1.29, 1.82) is 0 Å². The van der Waals surface area contributed by atoms with E-state index in [1.807, 2.05) is 0 Å². The number of halogens is 1. The minimum Gasteiger partial charge on any atom is -0.507 e. The zero-order valence-corrected chi connectivity index (χ0v) is 14.1. The van der Waals surface area contributed by atoms with Crippen LogP contribution in [0.3, 0.4) is 0 Å². The molecule has 3 rings (SSSR count). The van der Waals surface area contributed by atoms with Gasteiger partial charge in [0.15, 0.2) is 0 Å². The minimum absolute atomic E-state index is 0.114. The molecule has 2 aromatic rings. The molecule has 1 aliphatic rings. The Balaban J connectivity index is 2.20. The Bertz CT molecular complexity index is 876. The molecule has 2 N–H and O–H groups in total. The molecule has 0 spiro atoms. The van der Waals surface area contributed by atoms with E-state index < -0.39 is 29.7 Å². The Morgan fingerprint density at radius 3 is 2.46 bits per heavy atom. The third-order valence-corrected chi connectivity index (χ3v) is 4.21. The van der Waals surface area contributed by atoms with E-state index in [0.717, 1.165) is 4.90 Å². The number of rotatable bonds is 4. The van der Waals surface area contributed by atoms with Crippen LogP contribution < -0.4 is 0 Å². The summed E-state index contributed by atoms with van der Waals surface area (Å²) >= 11 is 0. The number of β-amino-alcohol motifs (C(OH)–C–C–N with tert-alkyl or cyclic N) is 1. The van der Waals surface area contributed by atoms with Gasteiger partial charge in [-0.25, -0.2) is 4.39 Å². The van der Waals surface area contributed by atoms with Crippen molar-refractivity contribution in [2.45, 2.75) is 19.1 Å². The van der Waals surface area contributed by atoms with E-state index in [0.29, 0.717) is 11.1 Å². The molecule has 2 atom stereocenters. The fourth-order valence-electron chi connectivity index (χ4n) is 3.13. The van der Waals surface area contributed by atoms with Crippen LogP contribution in [0.5, 0.6) is 0 Å². The van der Waals surface area contributed by atoms with Crippen LogP contribution in [0.4, 0.5) is 4.39 Å².